The van der Waals surface area contributed by atoms with Gasteiger partial charge in [0.2, 0.25) is 0 Å². The Morgan fingerprint density at radius 1 is 1.29 bits per heavy atom. The monoisotopic (exact) mass is 334 g/mol. The van der Waals surface area contributed by atoms with E-state index in [1.807, 2.05) is 22.6 Å². The van der Waals surface area contributed by atoms with Crippen LogP contribution in [0.15, 0.2) is 23.1 Å². The van der Waals surface area contributed by atoms with Crippen LogP contribution in [-0.2, 0) is 10.1 Å². The van der Waals surface area contributed by atoms with Crippen molar-refractivity contribution in [3.63, 3.8) is 0 Å². The van der Waals surface area contributed by atoms with Gasteiger partial charge in [0.15, 0.2) is 0 Å². The first-order chi connectivity index (χ1) is 5.41. The van der Waals surface area contributed by atoms with Gasteiger partial charge in [-0.3, -0.25) is 4.55 Å². The third-order valence-corrected chi connectivity index (χ3v) is 3.56. The zero-order chi connectivity index (χ0) is 9.35. The lowest BCUT2D eigenvalue weighted by atomic mass is 10.2. The average molecular weight is 334 g/mol. The zero-order valence-electron chi connectivity index (χ0n) is 7.28. The molecule has 5 N–H and O–H groups in total. The smallest absolute Gasteiger partial charge is 0.295 e. The molecule has 0 aliphatic rings. The Morgan fingerprint density at radius 3 is 2.14 bits per heavy atom. The van der Waals surface area contributed by atoms with Gasteiger partial charge in [-0.05, 0) is 47.2 Å². The van der Waals surface area contributed by atoms with Crippen molar-refractivity contribution in [3.05, 3.63) is 27.3 Å². The molecular formula is C7H11IO5S. The highest BCUT2D eigenvalue weighted by atomic mass is 127. The van der Waals surface area contributed by atoms with E-state index in [1.54, 1.807) is 19.1 Å². The summed E-state index contributed by atoms with van der Waals surface area (Å²) in [6.07, 6.45) is 0. The molecule has 7 heteroatoms. The molecule has 0 saturated carbocycles. The summed E-state index contributed by atoms with van der Waals surface area (Å²) in [6.45, 7) is 1.77. The van der Waals surface area contributed by atoms with Crippen LogP contribution in [0, 0.1) is 10.5 Å². The van der Waals surface area contributed by atoms with Crippen molar-refractivity contribution in [1.29, 1.82) is 0 Å². The van der Waals surface area contributed by atoms with E-state index in [2.05, 4.69) is 0 Å². The molecule has 5 nitrogen and oxygen atoms in total. The van der Waals surface area contributed by atoms with Crippen molar-refractivity contribution in [3.8, 4) is 0 Å². The molecule has 0 heterocycles. The van der Waals surface area contributed by atoms with E-state index in [0.717, 1.165) is 5.56 Å². The van der Waals surface area contributed by atoms with E-state index in [0.29, 0.717) is 3.57 Å². The molecule has 0 fully saturated rings. The van der Waals surface area contributed by atoms with E-state index >= 15 is 0 Å². The number of benzene rings is 1. The van der Waals surface area contributed by atoms with E-state index in [4.69, 9.17) is 4.55 Å². The van der Waals surface area contributed by atoms with Gasteiger partial charge in [-0.1, -0.05) is 6.07 Å². The highest BCUT2D eigenvalue weighted by Gasteiger charge is 2.13. The van der Waals surface area contributed by atoms with Gasteiger partial charge >= 0.3 is 0 Å². The molecular weight excluding hydrogens is 323 g/mol. The molecule has 1 aromatic carbocycles. The molecule has 82 valence electrons. The molecule has 1 rings (SSSR count). The van der Waals surface area contributed by atoms with Crippen LogP contribution in [-0.4, -0.2) is 23.9 Å². The van der Waals surface area contributed by atoms with Crippen molar-refractivity contribution < 1.29 is 23.9 Å². The zero-order valence-corrected chi connectivity index (χ0v) is 10.3. The molecule has 0 aliphatic carbocycles. The van der Waals surface area contributed by atoms with Crippen LogP contribution in [0.25, 0.3) is 0 Å². The quantitative estimate of drug-likeness (QED) is 0.584. The highest BCUT2D eigenvalue weighted by molar-refractivity contribution is 14.1. The Kier molecular flexibility index (Phi) is 6.50. The molecule has 0 radical (unpaired) electrons. The third kappa shape index (κ3) is 3.88. The molecule has 0 aromatic heterocycles. The topological polar surface area (TPSA) is 117 Å². The first-order valence-corrected chi connectivity index (χ1v) is 5.67. The summed E-state index contributed by atoms with van der Waals surface area (Å²) in [4.78, 5) is -0.0249. The summed E-state index contributed by atoms with van der Waals surface area (Å²) < 4.78 is 30.8. The second kappa shape index (κ2) is 5.61. The molecule has 0 amide bonds. The predicted octanol–water partition coefficient (Wildman–Crippen LogP) is 0.197. The lowest BCUT2D eigenvalue weighted by Gasteiger charge is -2.00. The summed E-state index contributed by atoms with van der Waals surface area (Å²) in [6, 6.07) is 4.88. The Morgan fingerprint density at radius 2 is 1.79 bits per heavy atom. The molecule has 0 aliphatic heterocycles. The number of hydrogen-bond acceptors (Lipinski definition) is 2. The summed E-state index contributed by atoms with van der Waals surface area (Å²) in [5.74, 6) is 0. The van der Waals surface area contributed by atoms with Gasteiger partial charge in [0.25, 0.3) is 10.1 Å². The second-order valence-corrected chi connectivity index (χ2v) is 4.96. The standard InChI is InChI=1S/C7H7IO3S.2H2O/c1-5-2-3-6(8)7(4-5)12(9,10)11;;/h2-4H,1H3,(H,9,10,11);2*1H2. The molecule has 0 unspecified atom stereocenters. The maximum Gasteiger partial charge on any atom is 0.295 e. The molecule has 14 heavy (non-hydrogen) atoms. The Balaban J connectivity index is 0. The third-order valence-electron chi connectivity index (χ3n) is 1.36. The first-order valence-electron chi connectivity index (χ1n) is 3.15. The number of halogens is 1. The Hall–Kier alpha value is -0.220. The molecule has 0 saturated heterocycles. The summed E-state index contributed by atoms with van der Waals surface area (Å²) in [5, 5.41) is 0. The van der Waals surface area contributed by atoms with Crippen LogP contribution in [0.2, 0.25) is 0 Å². The van der Waals surface area contributed by atoms with Crippen LogP contribution >= 0.6 is 22.6 Å². The van der Waals surface area contributed by atoms with Crippen molar-refractivity contribution in [2.45, 2.75) is 11.8 Å². The van der Waals surface area contributed by atoms with Gasteiger partial charge in [-0.25, -0.2) is 0 Å². The van der Waals surface area contributed by atoms with Gasteiger partial charge in [0, 0.05) is 3.57 Å². The Bertz CT molecular complexity index is 401. The lowest BCUT2D eigenvalue weighted by Crippen LogP contribution is -2.00. The fraction of sp³-hybridized carbons (Fsp3) is 0.143. The van der Waals surface area contributed by atoms with Crippen molar-refractivity contribution in [2.75, 3.05) is 0 Å². The van der Waals surface area contributed by atoms with Crippen LogP contribution in [0.1, 0.15) is 5.56 Å². The summed E-state index contributed by atoms with van der Waals surface area (Å²) in [7, 11) is -4.06. The van der Waals surface area contributed by atoms with Crippen molar-refractivity contribution in [2.24, 2.45) is 0 Å². The molecule has 1 aromatic rings. The fourth-order valence-electron chi connectivity index (χ4n) is 0.808. The van der Waals surface area contributed by atoms with Crippen LogP contribution < -0.4 is 0 Å². The summed E-state index contributed by atoms with van der Waals surface area (Å²) >= 11 is 1.86. The number of aryl methyl sites for hydroxylation is 1. The van der Waals surface area contributed by atoms with E-state index in [1.165, 1.54) is 6.07 Å². The molecule has 0 spiro atoms. The minimum Gasteiger partial charge on any atom is -0.412 e. The van der Waals surface area contributed by atoms with Crippen molar-refractivity contribution >= 4 is 32.7 Å². The van der Waals surface area contributed by atoms with Gasteiger partial charge in [-0.15, -0.1) is 0 Å². The highest BCUT2D eigenvalue weighted by Crippen LogP contribution is 2.18. The lowest BCUT2D eigenvalue weighted by molar-refractivity contribution is 0.482. The number of rotatable bonds is 1. The van der Waals surface area contributed by atoms with Gasteiger partial charge in [-0.2, -0.15) is 8.42 Å². The SMILES string of the molecule is Cc1ccc(I)c(S(=O)(=O)O)c1.O.O. The largest absolute Gasteiger partial charge is 0.412 e. The van der Waals surface area contributed by atoms with Crippen LogP contribution in [0.3, 0.4) is 0 Å². The minimum atomic E-state index is -4.06. The van der Waals surface area contributed by atoms with E-state index in [9.17, 15) is 8.42 Å². The fourth-order valence-corrected chi connectivity index (χ4v) is 2.63. The van der Waals surface area contributed by atoms with Crippen LogP contribution in [0.4, 0.5) is 0 Å². The summed E-state index contributed by atoms with van der Waals surface area (Å²) in [5.41, 5.74) is 0.808. The average Bonchev–Trinajstić information content (AvgIpc) is 1.92. The predicted molar refractivity (Wildman–Crippen MR) is 60.9 cm³/mol. The maximum absolute atomic E-state index is 10.8. The van der Waals surface area contributed by atoms with Gasteiger partial charge in [0.1, 0.15) is 4.90 Å². The maximum atomic E-state index is 10.8. The van der Waals surface area contributed by atoms with Crippen LogP contribution in [0.5, 0.6) is 0 Å². The number of hydrogen-bond donors (Lipinski definition) is 1. The van der Waals surface area contributed by atoms with E-state index in [-0.39, 0.29) is 15.8 Å². The minimum absolute atomic E-state index is 0. The van der Waals surface area contributed by atoms with Gasteiger partial charge in [0.05, 0.1) is 0 Å². The molecule has 0 atom stereocenters. The normalized spacial score (nSPS) is 9.93. The second-order valence-electron chi connectivity index (χ2n) is 2.41. The van der Waals surface area contributed by atoms with Gasteiger partial charge < -0.3 is 11.0 Å². The molecule has 0 bridgehead atoms. The first kappa shape index (κ1) is 16.2. The van der Waals surface area contributed by atoms with E-state index < -0.39 is 10.1 Å². The Labute approximate surface area is 95.6 Å². The van der Waals surface area contributed by atoms with Crippen molar-refractivity contribution in [1.82, 2.24) is 0 Å².